The number of carboxylic acid groups (broad SMARTS) is 2. The molecule has 1 unspecified atom stereocenters. The van der Waals surface area contributed by atoms with E-state index in [-0.39, 0.29) is 103 Å². The van der Waals surface area contributed by atoms with Crippen molar-refractivity contribution in [3.63, 3.8) is 0 Å². The average molecular weight is 220 g/mol. The molecule has 4 nitrogen and oxygen atoms in total. The molecule has 0 saturated carbocycles. The van der Waals surface area contributed by atoms with Crippen LogP contribution in [0, 0.1) is 5.92 Å². The summed E-state index contributed by atoms with van der Waals surface area (Å²) in [4.78, 5) is 19.8. The van der Waals surface area contributed by atoms with Gasteiger partial charge in [0.2, 0.25) is 0 Å². The summed E-state index contributed by atoms with van der Waals surface area (Å²) in [6.45, 7) is 3.12. The maximum absolute atomic E-state index is 9.99. The van der Waals surface area contributed by atoms with E-state index in [1.807, 2.05) is 0 Å². The molecule has 0 aliphatic carbocycles. The minimum Gasteiger partial charge on any atom is -0.550 e. The summed E-state index contributed by atoms with van der Waals surface area (Å²) in [5.41, 5.74) is 0. The molecule has 0 radical (unpaired) electrons. The number of carboxylic acids is 2. The van der Waals surface area contributed by atoms with Crippen LogP contribution in [0.4, 0.5) is 0 Å². The predicted molar refractivity (Wildman–Crippen MR) is 28.3 cm³/mol. The second kappa shape index (κ2) is 11.0. The Kier molecular flexibility index (Phi) is 17.9. The summed E-state index contributed by atoms with van der Waals surface area (Å²) in [5, 5.41) is 19.8. The van der Waals surface area contributed by atoms with E-state index < -0.39 is 24.3 Å². The van der Waals surface area contributed by atoms with Gasteiger partial charge in [-0.05, 0) is 6.42 Å². The van der Waals surface area contributed by atoms with Gasteiger partial charge in [0.15, 0.2) is 0 Å². The van der Waals surface area contributed by atoms with Gasteiger partial charge in [-0.2, -0.15) is 0 Å². The van der Waals surface area contributed by atoms with Gasteiger partial charge in [-0.25, -0.2) is 0 Å². The van der Waals surface area contributed by atoms with Crippen LogP contribution in [-0.2, 0) is 9.59 Å². The first-order valence-corrected chi connectivity index (χ1v) is 2.61. The first-order valence-electron chi connectivity index (χ1n) is 2.61. The normalized spacial score (nSPS) is 10.0. The summed E-state index contributed by atoms with van der Waals surface area (Å²) in [6, 6.07) is 0. The van der Waals surface area contributed by atoms with E-state index in [2.05, 4.69) is 6.58 Å². The van der Waals surface area contributed by atoms with E-state index in [9.17, 15) is 19.8 Å². The van der Waals surface area contributed by atoms with Crippen LogP contribution in [0.5, 0.6) is 0 Å². The van der Waals surface area contributed by atoms with Gasteiger partial charge in [0, 0.05) is 17.9 Å². The van der Waals surface area contributed by atoms with Gasteiger partial charge in [-0.1, -0.05) is 6.08 Å². The van der Waals surface area contributed by atoms with Crippen molar-refractivity contribution in [3.05, 3.63) is 12.7 Å². The quantitative estimate of drug-likeness (QED) is 0.348. The molecule has 12 heavy (non-hydrogen) atoms. The van der Waals surface area contributed by atoms with Crippen LogP contribution < -0.4 is 113 Å². The molecule has 1 atom stereocenters. The van der Waals surface area contributed by atoms with E-state index in [1.165, 1.54) is 0 Å². The fourth-order valence-electron chi connectivity index (χ4n) is 0.442. The Labute approximate surface area is 156 Å². The van der Waals surface area contributed by atoms with E-state index in [4.69, 9.17) is 0 Å². The zero-order valence-electron chi connectivity index (χ0n) is 7.20. The Bertz CT molecular complexity index is 169. The Balaban J connectivity index is -0.000000405. The van der Waals surface area contributed by atoms with Gasteiger partial charge in [0.25, 0.3) is 0 Å². The minimum atomic E-state index is -1.45. The van der Waals surface area contributed by atoms with Crippen LogP contribution in [0.2, 0.25) is 0 Å². The Morgan fingerprint density at radius 2 is 1.75 bits per heavy atom. The summed E-state index contributed by atoms with van der Waals surface area (Å²) < 4.78 is 0. The predicted octanol–water partition coefficient (Wildman–Crippen LogP) is -8.31. The van der Waals surface area contributed by atoms with Crippen LogP contribution >= 0.6 is 0 Å². The number of hydrogen-bond donors (Lipinski definition) is 0. The molecule has 0 bridgehead atoms. The third kappa shape index (κ3) is 10.0. The Morgan fingerprint density at radius 1 is 1.33 bits per heavy atom. The molecule has 6 heteroatoms. The van der Waals surface area contributed by atoms with Crippen molar-refractivity contribution in [1.29, 1.82) is 0 Å². The SMILES string of the molecule is C=CC(CC(=O)[O-])C(=O)[O-].[K+].[K+]. The molecule has 0 fully saturated rings. The number of carbonyl (C=O) groups excluding carboxylic acids is 2. The topological polar surface area (TPSA) is 80.3 Å². The first-order chi connectivity index (χ1) is 4.57. The molecule has 0 aromatic carbocycles. The van der Waals surface area contributed by atoms with Gasteiger partial charge in [0.1, 0.15) is 0 Å². The molecule has 56 valence electrons. The summed E-state index contributed by atoms with van der Waals surface area (Å²) >= 11 is 0. The van der Waals surface area contributed by atoms with Crippen molar-refractivity contribution < 1.29 is 123 Å². The number of hydrogen-bond acceptors (Lipinski definition) is 4. The van der Waals surface area contributed by atoms with Crippen molar-refractivity contribution in [2.24, 2.45) is 5.92 Å². The summed E-state index contributed by atoms with van der Waals surface area (Å²) in [5.74, 6) is -4.02. The Hall–Kier alpha value is 1.95. The molecule has 0 aliphatic heterocycles. The second-order valence-corrected chi connectivity index (χ2v) is 1.74. The van der Waals surface area contributed by atoms with Gasteiger partial charge in [0.05, 0.1) is 0 Å². The Morgan fingerprint density at radius 3 is 1.83 bits per heavy atom. The van der Waals surface area contributed by atoms with Gasteiger partial charge < -0.3 is 19.8 Å². The van der Waals surface area contributed by atoms with Crippen LogP contribution in [0.3, 0.4) is 0 Å². The molecule has 0 saturated heterocycles. The molecule has 0 rings (SSSR count). The molecule has 0 spiro atoms. The van der Waals surface area contributed by atoms with E-state index in [0.717, 1.165) is 6.08 Å². The van der Waals surface area contributed by atoms with Crippen LogP contribution in [0.25, 0.3) is 0 Å². The zero-order chi connectivity index (χ0) is 8.15. The van der Waals surface area contributed by atoms with Crippen molar-refractivity contribution in [2.75, 3.05) is 0 Å². The van der Waals surface area contributed by atoms with Crippen LogP contribution in [-0.4, -0.2) is 11.9 Å². The van der Waals surface area contributed by atoms with E-state index in [1.54, 1.807) is 0 Å². The molecule has 0 aliphatic rings. The van der Waals surface area contributed by atoms with Crippen LogP contribution in [0.15, 0.2) is 12.7 Å². The van der Waals surface area contributed by atoms with Gasteiger partial charge in [-0.3, -0.25) is 0 Å². The summed E-state index contributed by atoms with van der Waals surface area (Å²) in [7, 11) is 0. The molecule has 0 heterocycles. The maximum atomic E-state index is 9.99. The average Bonchev–Trinajstić information content (AvgIpc) is 1.81. The fraction of sp³-hybridized carbons (Fsp3) is 0.333. The van der Waals surface area contributed by atoms with E-state index >= 15 is 0 Å². The monoisotopic (exact) mass is 220 g/mol. The van der Waals surface area contributed by atoms with Crippen LogP contribution in [0.1, 0.15) is 6.42 Å². The van der Waals surface area contributed by atoms with Crippen molar-refractivity contribution >= 4 is 11.9 Å². The number of carbonyl (C=O) groups is 2. The molecule has 0 aromatic rings. The molecule has 0 N–H and O–H groups in total. The third-order valence-electron chi connectivity index (χ3n) is 0.974. The molecular formula is C6H6K2O4. The summed E-state index contributed by atoms with van der Waals surface area (Å²) in [6.07, 6.45) is 0.428. The van der Waals surface area contributed by atoms with Gasteiger partial charge in [-0.15, -0.1) is 6.58 Å². The molecular weight excluding hydrogens is 214 g/mol. The minimum absolute atomic E-state index is 0. The fourth-order valence-corrected chi connectivity index (χ4v) is 0.442. The maximum Gasteiger partial charge on any atom is 1.00 e. The first kappa shape index (κ1) is 19.5. The smallest absolute Gasteiger partial charge is 0.550 e. The second-order valence-electron chi connectivity index (χ2n) is 1.74. The van der Waals surface area contributed by atoms with Crippen molar-refractivity contribution in [2.45, 2.75) is 6.42 Å². The van der Waals surface area contributed by atoms with Crippen molar-refractivity contribution in [3.8, 4) is 0 Å². The van der Waals surface area contributed by atoms with Gasteiger partial charge >= 0.3 is 103 Å². The standard InChI is InChI=1S/C6H8O4.2K/c1-2-4(6(9)10)3-5(7)8;;/h2,4H,1,3H2,(H,7,8)(H,9,10);;/q;2*+1/p-2. The number of rotatable bonds is 4. The number of aliphatic carboxylic acids is 2. The molecule has 0 amide bonds. The van der Waals surface area contributed by atoms with E-state index in [0.29, 0.717) is 0 Å². The zero-order valence-corrected chi connectivity index (χ0v) is 13.4. The van der Waals surface area contributed by atoms with Crippen molar-refractivity contribution in [1.82, 2.24) is 0 Å². The third-order valence-corrected chi connectivity index (χ3v) is 0.974. The molecule has 0 aromatic heterocycles. The largest absolute Gasteiger partial charge is 1.00 e.